The Balaban J connectivity index is 1.84. The van der Waals surface area contributed by atoms with Crippen LogP contribution in [0.15, 0.2) is 24.3 Å². The van der Waals surface area contributed by atoms with Crippen molar-refractivity contribution in [3.8, 4) is 0 Å². The Bertz CT molecular complexity index is 736. The Morgan fingerprint density at radius 1 is 1.21 bits per heavy atom. The van der Waals surface area contributed by atoms with Gasteiger partial charge in [-0.3, -0.25) is 9.48 Å². The predicted molar refractivity (Wildman–Crippen MR) is 96.6 cm³/mol. The molecule has 4 nitrogen and oxygen atoms in total. The van der Waals surface area contributed by atoms with Gasteiger partial charge < -0.3 is 4.90 Å². The van der Waals surface area contributed by atoms with Gasteiger partial charge in [-0.2, -0.15) is 5.10 Å². The zero-order chi connectivity index (χ0) is 17.3. The van der Waals surface area contributed by atoms with E-state index in [1.54, 1.807) is 4.68 Å². The minimum atomic E-state index is 0.110. The molecule has 0 saturated carbocycles. The Morgan fingerprint density at radius 2 is 1.92 bits per heavy atom. The minimum absolute atomic E-state index is 0.110. The Hall–Kier alpha value is -1.81. The lowest BCUT2D eigenvalue weighted by molar-refractivity contribution is 0.0753. The molecule has 1 amide bonds. The van der Waals surface area contributed by atoms with Crippen molar-refractivity contribution in [3.63, 3.8) is 0 Å². The zero-order valence-corrected chi connectivity index (χ0v) is 15.3. The fourth-order valence-corrected chi connectivity index (χ4v) is 3.70. The number of carbonyl (C=O) groups is 1. The summed E-state index contributed by atoms with van der Waals surface area (Å²) in [7, 11) is 1.89. The van der Waals surface area contributed by atoms with Gasteiger partial charge in [0.2, 0.25) is 0 Å². The molecule has 0 N–H and O–H groups in total. The number of likely N-dealkylation sites (tertiary alicyclic amines) is 1. The maximum atomic E-state index is 13.1. The quantitative estimate of drug-likeness (QED) is 0.821. The number of hydrogen-bond acceptors (Lipinski definition) is 2. The molecule has 1 aromatic heterocycles. The molecule has 1 saturated heterocycles. The molecule has 0 aliphatic carbocycles. The SMILES string of the molecule is Cc1nn(C)c(C)c1C(=O)N1CCCCC(c2ccc(Cl)cc2)C1. The first-order valence-corrected chi connectivity index (χ1v) is 8.90. The topological polar surface area (TPSA) is 38.1 Å². The van der Waals surface area contributed by atoms with Gasteiger partial charge in [-0.1, -0.05) is 30.2 Å². The molecule has 1 atom stereocenters. The molecule has 0 spiro atoms. The lowest BCUT2D eigenvalue weighted by Crippen LogP contribution is -2.34. The van der Waals surface area contributed by atoms with Crippen LogP contribution in [0.4, 0.5) is 0 Å². The molecular weight excluding hydrogens is 322 g/mol. The van der Waals surface area contributed by atoms with Crippen LogP contribution in [0.1, 0.15) is 52.5 Å². The molecule has 3 rings (SSSR count). The Kier molecular flexibility index (Phi) is 4.95. The van der Waals surface area contributed by atoms with Crippen molar-refractivity contribution in [2.24, 2.45) is 7.05 Å². The first kappa shape index (κ1) is 17.0. The van der Waals surface area contributed by atoms with E-state index < -0.39 is 0 Å². The first-order chi connectivity index (χ1) is 11.5. The third kappa shape index (κ3) is 3.34. The summed E-state index contributed by atoms with van der Waals surface area (Å²) in [5, 5.41) is 5.14. The van der Waals surface area contributed by atoms with E-state index in [-0.39, 0.29) is 5.91 Å². The van der Waals surface area contributed by atoms with E-state index in [9.17, 15) is 4.79 Å². The fourth-order valence-electron chi connectivity index (χ4n) is 3.57. The van der Waals surface area contributed by atoms with Crippen LogP contribution in [-0.2, 0) is 7.05 Å². The molecule has 128 valence electrons. The fraction of sp³-hybridized carbons (Fsp3) is 0.474. The van der Waals surface area contributed by atoms with E-state index in [1.807, 2.05) is 37.9 Å². The van der Waals surface area contributed by atoms with E-state index >= 15 is 0 Å². The summed E-state index contributed by atoms with van der Waals surface area (Å²) in [5.74, 6) is 0.477. The number of amides is 1. The molecule has 1 fully saturated rings. The molecule has 24 heavy (non-hydrogen) atoms. The normalized spacial score (nSPS) is 18.5. The smallest absolute Gasteiger partial charge is 0.257 e. The summed E-state index contributed by atoms with van der Waals surface area (Å²) >= 11 is 6.01. The number of halogens is 1. The highest BCUT2D eigenvalue weighted by molar-refractivity contribution is 6.30. The van der Waals surface area contributed by atoms with Crippen molar-refractivity contribution < 1.29 is 4.79 Å². The van der Waals surface area contributed by atoms with Gasteiger partial charge in [0.25, 0.3) is 5.91 Å². The van der Waals surface area contributed by atoms with Crippen LogP contribution >= 0.6 is 11.6 Å². The van der Waals surface area contributed by atoms with Gasteiger partial charge in [-0.05, 0) is 44.4 Å². The molecule has 0 radical (unpaired) electrons. The highest BCUT2D eigenvalue weighted by atomic mass is 35.5. The second-order valence-corrected chi connectivity index (χ2v) is 7.10. The van der Waals surface area contributed by atoms with Gasteiger partial charge in [-0.15, -0.1) is 0 Å². The second-order valence-electron chi connectivity index (χ2n) is 6.66. The highest BCUT2D eigenvalue weighted by Gasteiger charge is 2.27. The number of carbonyl (C=O) groups excluding carboxylic acids is 1. The van der Waals surface area contributed by atoms with Gasteiger partial charge in [0.1, 0.15) is 0 Å². The summed E-state index contributed by atoms with van der Waals surface area (Å²) in [4.78, 5) is 15.1. The lowest BCUT2D eigenvalue weighted by Gasteiger charge is -2.25. The number of hydrogen-bond donors (Lipinski definition) is 0. The van der Waals surface area contributed by atoms with Crippen molar-refractivity contribution in [1.82, 2.24) is 14.7 Å². The van der Waals surface area contributed by atoms with Crippen molar-refractivity contribution >= 4 is 17.5 Å². The first-order valence-electron chi connectivity index (χ1n) is 8.52. The van der Waals surface area contributed by atoms with Crippen LogP contribution in [0.2, 0.25) is 5.02 Å². The van der Waals surface area contributed by atoms with Gasteiger partial charge in [0, 0.05) is 36.8 Å². The van der Waals surface area contributed by atoms with Crippen molar-refractivity contribution in [1.29, 1.82) is 0 Å². The van der Waals surface area contributed by atoms with Crippen molar-refractivity contribution in [2.75, 3.05) is 13.1 Å². The second kappa shape index (κ2) is 6.98. The Labute approximate surface area is 148 Å². The van der Waals surface area contributed by atoms with Crippen LogP contribution in [0.3, 0.4) is 0 Å². The van der Waals surface area contributed by atoms with Crippen LogP contribution in [0.5, 0.6) is 0 Å². The monoisotopic (exact) mass is 345 g/mol. The third-order valence-electron chi connectivity index (χ3n) is 5.02. The molecule has 5 heteroatoms. The van der Waals surface area contributed by atoms with E-state index in [2.05, 4.69) is 17.2 Å². The van der Waals surface area contributed by atoms with Crippen LogP contribution in [0, 0.1) is 13.8 Å². The predicted octanol–water partition coefficient (Wildman–Crippen LogP) is 4.10. The number of rotatable bonds is 2. The van der Waals surface area contributed by atoms with Gasteiger partial charge >= 0.3 is 0 Å². The number of nitrogens with zero attached hydrogens (tertiary/aromatic N) is 3. The molecule has 2 heterocycles. The van der Waals surface area contributed by atoms with Crippen molar-refractivity contribution in [2.45, 2.75) is 39.0 Å². The highest BCUT2D eigenvalue weighted by Crippen LogP contribution is 2.29. The maximum Gasteiger partial charge on any atom is 0.257 e. The van der Waals surface area contributed by atoms with Gasteiger partial charge in [-0.25, -0.2) is 0 Å². The van der Waals surface area contributed by atoms with Gasteiger partial charge in [0.05, 0.1) is 11.3 Å². The number of benzene rings is 1. The average Bonchev–Trinajstić information content (AvgIpc) is 2.74. The zero-order valence-electron chi connectivity index (χ0n) is 14.6. The van der Waals surface area contributed by atoms with Crippen LogP contribution < -0.4 is 0 Å². The third-order valence-corrected chi connectivity index (χ3v) is 5.27. The molecule has 2 aromatic rings. The van der Waals surface area contributed by atoms with Crippen LogP contribution in [0.25, 0.3) is 0 Å². The average molecular weight is 346 g/mol. The molecule has 1 aromatic carbocycles. The molecular formula is C19H24ClN3O. The summed E-state index contributed by atoms with van der Waals surface area (Å²) in [6.07, 6.45) is 3.30. The number of aromatic nitrogens is 2. The summed E-state index contributed by atoms with van der Waals surface area (Å²) in [5.41, 5.74) is 3.77. The number of aryl methyl sites for hydroxylation is 2. The summed E-state index contributed by atoms with van der Waals surface area (Å²) in [6, 6.07) is 8.04. The van der Waals surface area contributed by atoms with Crippen molar-refractivity contribution in [3.05, 3.63) is 51.8 Å². The van der Waals surface area contributed by atoms with E-state index in [4.69, 9.17) is 11.6 Å². The van der Waals surface area contributed by atoms with E-state index in [1.165, 1.54) is 5.56 Å². The minimum Gasteiger partial charge on any atom is -0.338 e. The maximum absolute atomic E-state index is 13.1. The lowest BCUT2D eigenvalue weighted by atomic mass is 9.94. The summed E-state index contributed by atoms with van der Waals surface area (Å²) in [6.45, 7) is 5.45. The molecule has 0 bridgehead atoms. The standard InChI is InChI=1S/C19H24ClN3O/c1-13-18(14(2)22(3)21-13)19(24)23-11-5-4-6-16(12-23)15-7-9-17(20)10-8-15/h7-10,16H,4-6,11-12H2,1-3H3. The summed E-state index contributed by atoms with van der Waals surface area (Å²) < 4.78 is 1.79. The van der Waals surface area contributed by atoms with E-state index in [0.717, 1.165) is 54.3 Å². The molecule has 1 unspecified atom stereocenters. The Morgan fingerprint density at radius 3 is 2.54 bits per heavy atom. The van der Waals surface area contributed by atoms with Gasteiger partial charge in [0.15, 0.2) is 0 Å². The molecule has 1 aliphatic rings. The van der Waals surface area contributed by atoms with E-state index in [0.29, 0.717) is 5.92 Å². The largest absolute Gasteiger partial charge is 0.338 e. The van der Waals surface area contributed by atoms with Crippen LogP contribution in [-0.4, -0.2) is 33.7 Å². The molecule has 1 aliphatic heterocycles.